The fourth-order valence-electron chi connectivity index (χ4n) is 4.79. The van der Waals surface area contributed by atoms with Crippen molar-refractivity contribution < 1.29 is 38.0 Å². The van der Waals surface area contributed by atoms with E-state index in [1.165, 1.54) is 57.9 Å². The van der Waals surface area contributed by atoms with Gasteiger partial charge in [0.2, 0.25) is 5.88 Å². The van der Waals surface area contributed by atoms with Crippen LogP contribution in [0.15, 0.2) is 59.6 Å². The van der Waals surface area contributed by atoms with Crippen molar-refractivity contribution >= 4 is 30.0 Å². The van der Waals surface area contributed by atoms with Gasteiger partial charge in [-0.1, -0.05) is 38.1 Å². The molecule has 0 unspecified atom stereocenters. The lowest BCUT2D eigenvalue weighted by Gasteiger charge is -2.32. The monoisotopic (exact) mass is 612 g/mol. The second-order valence-electron chi connectivity index (χ2n) is 10.6. The van der Waals surface area contributed by atoms with Crippen LogP contribution < -0.4 is 14.0 Å². The number of carbonyl (C=O) groups excluding carboxylic acids is 1. The van der Waals surface area contributed by atoms with E-state index in [0.717, 1.165) is 0 Å². The zero-order valence-electron chi connectivity index (χ0n) is 27.3. The number of pyridine rings is 1. The first-order chi connectivity index (χ1) is 21.2. The zero-order chi connectivity index (χ0) is 33.9. The zero-order valence-corrected chi connectivity index (χ0v) is 24.1. The van der Waals surface area contributed by atoms with E-state index in [9.17, 15) is 26.4 Å². The van der Waals surface area contributed by atoms with E-state index in [1.807, 2.05) is 4.72 Å². The van der Waals surface area contributed by atoms with E-state index in [2.05, 4.69) is 10.1 Å². The van der Waals surface area contributed by atoms with Crippen molar-refractivity contribution in [1.29, 1.82) is 0 Å². The highest BCUT2D eigenvalue weighted by molar-refractivity contribution is 7.90. The summed E-state index contributed by atoms with van der Waals surface area (Å²) in [5, 5.41) is 4.23. The smallest absolute Gasteiger partial charge is 0.394 e. The number of alkyl halides is 3. The largest absolute Gasteiger partial charge is 0.477 e. The topological polar surface area (TPSA) is 106 Å². The summed E-state index contributed by atoms with van der Waals surface area (Å²) in [6.07, 6.45) is -3.02. The number of aromatic nitrogens is 3. The number of ether oxygens (including phenoxy) is 1. The Morgan fingerprint density at radius 1 is 1.22 bits per heavy atom. The Morgan fingerprint density at radius 2 is 1.95 bits per heavy atom. The number of anilines is 1. The first-order valence-electron chi connectivity index (χ1n) is 15.4. The average molecular weight is 613 g/mol. The molecule has 1 aliphatic heterocycles. The number of nitrogens with one attached hydrogen (secondary N) is 1. The molecule has 1 atom stereocenters. The number of nitrogens with zero attached hydrogens (tertiary/aromatic N) is 4. The van der Waals surface area contributed by atoms with Crippen LogP contribution in [-0.2, 0) is 10.0 Å². The molecule has 9 nitrogen and oxygen atoms in total. The van der Waals surface area contributed by atoms with E-state index in [1.54, 1.807) is 19.2 Å². The summed E-state index contributed by atoms with van der Waals surface area (Å²) in [7, 11) is -7.73. The third-order valence-electron chi connectivity index (χ3n) is 7.29. The number of hydrogen-bond donors (Lipinski definition) is 1. The summed E-state index contributed by atoms with van der Waals surface area (Å²) in [5.74, 6) is -4.68. The van der Waals surface area contributed by atoms with Crippen molar-refractivity contribution in [1.82, 2.24) is 19.5 Å². The number of carbonyl (C=O) groups is 1. The second kappa shape index (κ2) is 10.5. The van der Waals surface area contributed by atoms with Crippen LogP contribution in [0.5, 0.6) is 5.88 Å². The molecule has 1 amide bonds. The van der Waals surface area contributed by atoms with Gasteiger partial charge in [0.05, 0.1) is 22.5 Å². The molecule has 41 heavy (non-hydrogen) atoms. The van der Waals surface area contributed by atoms with Crippen LogP contribution in [-0.4, -0.2) is 56.7 Å². The van der Waals surface area contributed by atoms with Gasteiger partial charge in [-0.2, -0.15) is 13.2 Å². The van der Waals surface area contributed by atoms with Gasteiger partial charge in [-0.05, 0) is 55.4 Å². The molecular weight excluding hydrogens is 575 g/mol. The lowest BCUT2D eigenvalue weighted by Crippen LogP contribution is -2.45. The van der Waals surface area contributed by atoms with Crippen LogP contribution in [0.2, 0.25) is 19.1 Å². The number of amides is 1. The number of halogens is 3. The Morgan fingerprint density at radius 3 is 2.59 bits per heavy atom. The molecule has 1 aliphatic carbocycles. The van der Waals surface area contributed by atoms with Gasteiger partial charge in [0.25, 0.3) is 15.9 Å². The number of benzene rings is 1. The van der Waals surface area contributed by atoms with Gasteiger partial charge in [0, 0.05) is 25.7 Å². The minimum Gasteiger partial charge on any atom is -0.477 e. The Labute approximate surface area is 244 Å². The Bertz CT molecular complexity index is 1740. The maximum Gasteiger partial charge on any atom is 0.394 e. The van der Waals surface area contributed by atoms with E-state index in [4.69, 9.17) is 11.6 Å². The molecule has 1 saturated carbocycles. The van der Waals surface area contributed by atoms with Crippen molar-refractivity contribution in [3.05, 3.63) is 60.3 Å². The van der Waals surface area contributed by atoms with Crippen molar-refractivity contribution in [2.24, 2.45) is 11.3 Å². The van der Waals surface area contributed by atoms with Crippen molar-refractivity contribution in [2.75, 3.05) is 17.7 Å². The third-order valence-corrected chi connectivity index (χ3v) is 11.4. The fourth-order valence-corrected chi connectivity index (χ4v) is 8.21. The first kappa shape index (κ1) is 23.2. The number of sulfonamides is 1. The lowest BCUT2D eigenvalue weighted by molar-refractivity contribution is -0.190. The fraction of sp³-hybridized carbons (Fsp3) is 0.444. The molecule has 220 valence electrons. The maximum absolute atomic E-state index is 13.5. The van der Waals surface area contributed by atoms with Crippen LogP contribution in [0.1, 0.15) is 43.3 Å². The highest BCUT2D eigenvalue weighted by Crippen LogP contribution is 2.59. The summed E-state index contributed by atoms with van der Waals surface area (Å²) in [5.41, 5.74) is -1.98. The SMILES string of the molecule is [2H]C([2H])([2H])[C@@H]1CN(c2nc(-n3ccc(OCCC4(C(F)(F)F)CC4)n3)ccc2C(=O)NS(=O)(=O)c2ccccc2)[Si](C)(C)C1([2H])[2H]. The van der Waals surface area contributed by atoms with Crippen LogP contribution in [0, 0.1) is 11.3 Å². The molecule has 3 aromatic rings. The predicted molar refractivity (Wildman–Crippen MR) is 149 cm³/mol. The van der Waals surface area contributed by atoms with Crippen molar-refractivity contribution in [3.8, 4) is 11.7 Å². The molecule has 2 fully saturated rings. The standard InChI is InChI=1S/C27H32F3N5O4SSi/c1-19-17-35(41(2,3)18-19)24-21(25(36)33-40(37,38)20-7-5-4-6-8-20)9-10-22(31-24)34-15-11-23(32-34)39-16-14-26(12-13-26)27(28,29)30/h4-11,15,19H,12-14,16-18H2,1-3H3,(H,33,36)/t19-/m1/s1/i1D3,18D2. The second-order valence-corrected chi connectivity index (χ2v) is 16.3. The van der Waals surface area contributed by atoms with Crippen molar-refractivity contribution in [2.45, 2.75) is 56.3 Å². The van der Waals surface area contributed by atoms with Crippen LogP contribution >= 0.6 is 0 Å². The van der Waals surface area contributed by atoms with E-state index < -0.39 is 54.5 Å². The summed E-state index contributed by atoms with van der Waals surface area (Å²) < 4.78 is 118. The van der Waals surface area contributed by atoms with Crippen molar-refractivity contribution in [3.63, 3.8) is 0 Å². The molecule has 1 saturated heterocycles. The third kappa shape index (κ3) is 5.98. The normalized spacial score (nSPS) is 23.0. The molecule has 14 heteroatoms. The van der Waals surface area contributed by atoms with Gasteiger partial charge in [0.15, 0.2) is 14.1 Å². The van der Waals surface area contributed by atoms with E-state index in [0.29, 0.717) is 0 Å². The molecule has 0 spiro atoms. The van der Waals surface area contributed by atoms with E-state index >= 15 is 0 Å². The van der Waals surface area contributed by atoms with Crippen LogP contribution in [0.25, 0.3) is 5.82 Å². The highest BCUT2D eigenvalue weighted by Gasteiger charge is 2.62. The Kier molecular flexibility index (Phi) is 5.92. The lowest BCUT2D eigenvalue weighted by atomic mass is 10.0. The quantitative estimate of drug-likeness (QED) is 0.333. The number of rotatable bonds is 9. The number of hydrogen-bond acceptors (Lipinski definition) is 7. The first-order valence-corrected chi connectivity index (χ1v) is 17.3. The molecular formula is C27H32F3N5O4SSi. The summed E-state index contributed by atoms with van der Waals surface area (Å²) >= 11 is 0. The predicted octanol–water partition coefficient (Wildman–Crippen LogP) is 5.16. The minimum absolute atomic E-state index is 0.0202. The molecule has 1 N–H and O–H groups in total. The molecule has 1 aromatic carbocycles. The van der Waals surface area contributed by atoms with Gasteiger partial charge in [0.1, 0.15) is 5.82 Å². The van der Waals surface area contributed by atoms with Crippen LogP contribution in [0.4, 0.5) is 19.0 Å². The molecule has 2 aromatic heterocycles. The van der Waals surface area contributed by atoms with E-state index in [-0.39, 0.29) is 60.4 Å². The summed E-state index contributed by atoms with van der Waals surface area (Å²) in [6.45, 7) is -0.0207. The minimum atomic E-state index is -4.32. The van der Waals surface area contributed by atoms with Gasteiger partial charge < -0.3 is 9.30 Å². The van der Waals surface area contributed by atoms with Crippen LogP contribution in [0.3, 0.4) is 0 Å². The molecule has 2 aliphatic rings. The molecule has 3 heterocycles. The average Bonchev–Trinajstić information content (AvgIpc) is 3.56. The summed E-state index contributed by atoms with van der Waals surface area (Å²) in [6, 6.07) is 11.2. The molecule has 0 bridgehead atoms. The molecule has 5 rings (SSSR count). The Balaban J connectivity index is 1.49. The molecule has 0 radical (unpaired) electrons. The van der Waals surface area contributed by atoms with Gasteiger partial charge in [-0.25, -0.2) is 22.8 Å². The maximum atomic E-state index is 13.5. The summed E-state index contributed by atoms with van der Waals surface area (Å²) in [4.78, 5) is 17.9. The van der Waals surface area contributed by atoms with Gasteiger partial charge in [-0.15, -0.1) is 5.10 Å². The Hall–Kier alpha value is -3.39. The van der Waals surface area contributed by atoms with Gasteiger partial charge in [-0.3, -0.25) is 4.79 Å². The van der Waals surface area contributed by atoms with Gasteiger partial charge >= 0.3 is 6.18 Å². The highest BCUT2D eigenvalue weighted by atomic mass is 32.2.